The second-order valence-electron chi connectivity index (χ2n) is 7.86. The van der Waals surface area contributed by atoms with Crippen molar-refractivity contribution in [2.45, 2.75) is 57.6 Å². The Kier molecular flexibility index (Phi) is 5.94. The molecule has 3 heterocycles. The van der Waals surface area contributed by atoms with Crippen molar-refractivity contribution in [3.63, 3.8) is 0 Å². The molecule has 0 aliphatic carbocycles. The topological polar surface area (TPSA) is 47.0 Å². The van der Waals surface area contributed by atoms with Crippen molar-refractivity contribution in [2.75, 3.05) is 45.8 Å². The predicted molar refractivity (Wildman–Crippen MR) is 91.3 cm³/mol. The highest BCUT2D eigenvalue weighted by Gasteiger charge is 2.31. The molecule has 0 spiro atoms. The number of hydrogen-bond acceptors (Lipinski definition) is 4. The first-order valence-electron chi connectivity index (χ1n) is 9.54. The average Bonchev–Trinajstić information content (AvgIpc) is 2.96. The lowest BCUT2D eigenvalue weighted by Gasteiger charge is -2.38. The minimum Gasteiger partial charge on any atom is -0.390 e. The van der Waals surface area contributed by atoms with E-state index >= 15 is 0 Å². The highest BCUT2D eigenvalue weighted by Crippen LogP contribution is 2.22. The van der Waals surface area contributed by atoms with Gasteiger partial charge in [0.15, 0.2) is 0 Å². The molecular formula is C18H33N3O2. The Balaban J connectivity index is 1.36. The molecule has 3 fully saturated rings. The van der Waals surface area contributed by atoms with Crippen LogP contribution in [-0.4, -0.2) is 83.7 Å². The van der Waals surface area contributed by atoms with Gasteiger partial charge in [-0.1, -0.05) is 6.92 Å². The van der Waals surface area contributed by atoms with Crippen LogP contribution < -0.4 is 0 Å². The lowest BCUT2D eigenvalue weighted by molar-refractivity contribution is -0.130. The Morgan fingerprint density at radius 1 is 1.00 bits per heavy atom. The summed E-state index contributed by atoms with van der Waals surface area (Å²) < 4.78 is 0. The number of aliphatic hydroxyl groups is 1. The summed E-state index contributed by atoms with van der Waals surface area (Å²) in [5, 5.41) is 10.4. The third-order valence-electron chi connectivity index (χ3n) is 5.92. The zero-order valence-electron chi connectivity index (χ0n) is 14.6. The van der Waals surface area contributed by atoms with Crippen LogP contribution in [0.4, 0.5) is 0 Å². The van der Waals surface area contributed by atoms with Crippen molar-refractivity contribution < 1.29 is 9.90 Å². The van der Waals surface area contributed by atoms with Crippen molar-refractivity contribution in [2.24, 2.45) is 5.92 Å². The molecule has 23 heavy (non-hydrogen) atoms. The lowest BCUT2D eigenvalue weighted by Crippen LogP contribution is -2.48. The first-order chi connectivity index (χ1) is 11.1. The van der Waals surface area contributed by atoms with Gasteiger partial charge in [-0.15, -0.1) is 0 Å². The molecule has 0 aromatic heterocycles. The van der Waals surface area contributed by atoms with Gasteiger partial charge in [0.25, 0.3) is 0 Å². The van der Waals surface area contributed by atoms with Gasteiger partial charge in [-0.25, -0.2) is 0 Å². The lowest BCUT2D eigenvalue weighted by atomic mass is 9.99. The van der Waals surface area contributed by atoms with E-state index in [4.69, 9.17) is 0 Å². The Hall–Kier alpha value is -0.650. The monoisotopic (exact) mass is 323 g/mol. The average molecular weight is 323 g/mol. The van der Waals surface area contributed by atoms with E-state index in [2.05, 4.69) is 21.6 Å². The van der Waals surface area contributed by atoms with E-state index in [1.807, 2.05) is 0 Å². The van der Waals surface area contributed by atoms with Gasteiger partial charge in [0.2, 0.25) is 5.91 Å². The number of rotatable bonds is 5. The van der Waals surface area contributed by atoms with Crippen LogP contribution in [0.5, 0.6) is 0 Å². The molecule has 3 aliphatic heterocycles. The molecule has 0 radical (unpaired) electrons. The molecule has 0 bridgehead atoms. The highest BCUT2D eigenvalue weighted by molar-refractivity contribution is 5.78. The molecular weight excluding hydrogens is 290 g/mol. The minimum absolute atomic E-state index is 0.242. The van der Waals surface area contributed by atoms with E-state index in [9.17, 15) is 9.90 Å². The second-order valence-corrected chi connectivity index (χ2v) is 7.86. The first-order valence-corrected chi connectivity index (χ1v) is 9.54. The summed E-state index contributed by atoms with van der Waals surface area (Å²) >= 11 is 0. The van der Waals surface area contributed by atoms with E-state index in [1.54, 1.807) is 0 Å². The van der Waals surface area contributed by atoms with Crippen molar-refractivity contribution in [3.8, 4) is 0 Å². The predicted octanol–water partition coefficient (Wildman–Crippen LogP) is 1.17. The molecule has 1 N–H and O–H groups in total. The Bertz CT molecular complexity index is 388. The minimum atomic E-state index is -0.242. The van der Waals surface area contributed by atoms with Crippen molar-refractivity contribution >= 4 is 5.91 Å². The number of carbonyl (C=O) groups is 1. The van der Waals surface area contributed by atoms with Crippen LogP contribution in [0, 0.1) is 5.92 Å². The number of β-amino-alcohol motifs (C(OH)–C–C–N with tert-alkyl or cyclic N) is 1. The van der Waals surface area contributed by atoms with Gasteiger partial charge >= 0.3 is 0 Å². The zero-order valence-corrected chi connectivity index (χ0v) is 14.6. The number of nitrogens with zero attached hydrogens (tertiary/aromatic N) is 3. The zero-order chi connectivity index (χ0) is 16.2. The number of piperidine rings is 2. The molecule has 1 atom stereocenters. The standard InChI is InChI=1S/C18H33N3O2/c1-15-4-9-19(10-5-15)13-17(22)14-20-11-6-16(7-12-20)21-8-2-3-18(21)23/h15-17,22H,2-14H2,1H3. The normalized spacial score (nSPS) is 27.7. The van der Waals surface area contributed by atoms with Crippen molar-refractivity contribution in [1.82, 2.24) is 14.7 Å². The summed E-state index contributed by atoms with van der Waals surface area (Å²) in [6.45, 7) is 9.19. The molecule has 132 valence electrons. The van der Waals surface area contributed by atoms with Crippen LogP contribution in [0.3, 0.4) is 0 Å². The fraction of sp³-hybridized carbons (Fsp3) is 0.944. The van der Waals surface area contributed by atoms with E-state index in [1.165, 1.54) is 12.8 Å². The second kappa shape index (κ2) is 7.95. The van der Waals surface area contributed by atoms with Crippen molar-refractivity contribution in [3.05, 3.63) is 0 Å². The van der Waals surface area contributed by atoms with Crippen LogP contribution in [0.2, 0.25) is 0 Å². The number of amides is 1. The fourth-order valence-electron chi connectivity index (χ4n) is 4.37. The number of hydrogen-bond donors (Lipinski definition) is 1. The van der Waals surface area contributed by atoms with Crippen LogP contribution >= 0.6 is 0 Å². The molecule has 0 saturated carbocycles. The number of carbonyl (C=O) groups excluding carboxylic acids is 1. The third-order valence-corrected chi connectivity index (χ3v) is 5.92. The third kappa shape index (κ3) is 4.68. The summed E-state index contributed by atoms with van der Waals surface area (Å²) in [4.78, 5) is 18.7. The summed E-state index contributed by atoms with van der Waals surface area (Å²) in [7, 11) is 0. The Labute approximate surface area is 140 Å². The number of likely N-dealkylation sites (tertiary alicyclic amines) is 3. The van der Waals surface area contributed by atoms with E-state index in [-0.39, 0.29) is 6.10 Å². The van der Waals surface area contributed by atoms with Crippen LogP contribution in [0.1, 0.15) is 45.4 Å². The first kappa shape index (κ1) is 17.2. The highest BCUT2D eigenvalue weighted by atomic mass is 16.3. The number of aliphatic hydroxyl groups excluding tert-OH is 1. The van der Waals surface area contributed by atoms with Gasteiger partial charge in [0, 0.05) is 45.2 Å². The molecule has 5 heteroatoms. The van der Waals surface area contributed by atoms with Gasteiger partial charge in [0.1, 0.15) is 0 Å². The quantitative estimate of drug-likeness (QED) is 0.825. The van der Waals surface area contributed by atoms with Gasteiger partial charge in [-0.3, -0.25) is 4.79 Å². The van der Waals surface area contributed by atoms with Crippen LogP contribution in [0.25, 0.3) is 0 Å². The van der Waals surface area contributed by atoms with Gasteiger partial charge in [-0.05, 0) is 51.1 Å². The van der Waals surface area contributed by atoms with Crippen LogP contribution in [-0.2, 0) is 4.79 Å². The maximum atomic E-state index is 11.8. The smallest absolute Gasteiger partial charge is 0.222 e. The van der Waals surface area contributed by atoms with Gasteiger partial charge < -0.3 is 19.8 Å². The van der Waals surface area contributed by atoms with Gasteiger partial charge in [-0.2, -0.15) is 0 Å². The molecule has 5 nitrogen and oxygen atoms in total. The maximum Gasteiger partial charge on any atom is 0.222 e. The Morgan fingerprint density at radius 3 is 2.09 bits per heavy atom. The van der Waals surface area contributed by atoms with Crippen LogP contribution in [0.15, 0.2) is 0 Å². The van der Waals surface area contributed by atoms with E-state index in [0.29, 0.717) is 11.9 Å². The fourth-order valence-corrected chi connectivity index (χ4v) is 4.37. The molecule has 3 aliphatic rings. The molecule has 0 aromatic carbocycles. The molecule has 1 amide bonds. The summed E-state index contributed by atoms with van der Waals surface area (Å²) in [6, 6.07) is 0.446. The molecule has 3 rings (SSSR count). The van der Waals surface area contributed by atoms with E-state index in [0.717, 1.165) is 77.4 Å². The Morgan fingerprint density at radius 2 is 1.57 bits per heavy atom. The summed E-state index contributed by atoms with van der Waals surface area (Å²) in [6.07, 6.45) is 6.21. The molecule has 0 aromatic rings. The largest absolute Gasteiger partial charge is 0.390 e. The van der Waals surface area contributed by atoms with Crippen molar-refractivity contribution in [1.29, 1.82) is 0 Å². The van der Waals surface area contributed by atoms with E-state index < -0.39 is 0 Å². The van der Waals surface area contributed by atoms with Gasteiger partial charge in [0.05, 0.1) is 6.10 Å². The summed E-state index contributed by atoms with van der Waals surface area (Å²) in [5.74, 6) is 1.19. The summed E-state index contributed by atoms with van der Waals surface area (Å²) in [5.41, 5.74) is 0. The molecule has 3 saturated heterocycles. The SMILES string of the molecule is CC1CCN(CC(O)CN2CCC(N3CCCC3=O)CC2)CC1. The molecule has 1 unspecified atom stereocenters. The maximum absolute atomic E-state index is 11.8.